The number of anilines is 1. The van der Waals surface area contributed by atoms with Crippen molar-refractivity contribution in [3.8, 4) is 0 Å². The quantitative estimate of drug-likeness (QED) is 0.881. The second kappa shape index (κ2) is 6.16. The Morgan fingerprint density at radius 3 is 2.52 bits per heavy atom. The minimum Gasteiger partial charge on any atom is -0.372 e. The van der Waals surface area contributed by atoms with E-state index in [0.29, 0.717) is 18.5 Å². The molecule has 0 unspecified atom stereocenters. The lowest BCUT2D eigenvalue weighted by Crippen LogP contribution is -2.50. The van der Waals surface area contributed by atoms with E-state index in [1.807, 2.05) is 24.3 Å². The molecule has 0 bridgehead atoms. The van der Waals surface area contributed by atoms with Crippen LogP contribution < -0.4 is 15.5 Å². The first-order valence-electron chi connectivity index (χ1n) is 7.67. The standard InChI is InChI=1S/C16H21N3O2/c20-15(18-14-4-3-9-17-16(14)21)12-5-7-13(8-6-12)19-10-1-2-11-19/h5-8,14H,1-4,9-11H2,(H,17,21)(H,18,20)/t14-/m1/s1. The van der Waals surface area contributed by atoms with Crippen molar-refractivity contribution in [1.29, 1.82) is 0 Å². The zero-order valence-electron chi connectivity index (χ0n) is 12.1. The van der Waals surface area contributed by atoms with Gasteiger partial charge in [0.1, 0.15) is 6.04 Å². The molecule has 21 heavy (non-hydrogen) atoms. The fourth-order valence-electron chi connectivity index (χ4n) is 2.95. The Kier molecular flexibility index (Phi) is 4.08. The van der Waals surface area contributed by atoms with Gasteiger partial charge in [-0.1, -0.05) is 0 Å². The van der Waals surface area contributed by atoms with Crippen LogP contribution in [0.2, 0.25) is 0 Å². The Hall–Kier alpha value is -2.04. The lowest BCUT2D eigenvalue weighted by molar-refractivity contribution is -0.124. The van der Waals surface area contributed by atoms with Crippen LogP contribution in [0.25, 0.3) is 0 Å². The van der Waals surface area contributed by atoms with E-state index in [1.165, 1.54) is 18.5 Å². The number of hydrogen-bond acceptors (Lipinski definition) is 3. The highest BCUT2D eigenvalue weighted by molar-refractivity contribution is 5.97. The summed E-state index contributed by atoms with van der Waals surface area (Å²) in [5.74, 6) is -0.256. The number of nitrogens with zero attached hydrogens (tertiary/aromatic N) is 1. The number of rotatable bonds is 3. The first-order chi connectivity index (χ1) is 10.2. The van der Waals surface area contributed by atoms with Gasteiger partial charge in [-0.2, -0.15) is 0 Å². The summed E-state index contributed by atoms with van der Waals surface area (Å²) in [5.41, 5.74) is 1.77. The average molecular weight is 287 g/mol. The summed E-state index contributed by atoms with van der Waals surface area (Å²) in [6, 6.07) is 7.25. The van der Waals surface area contributed by atoms with Gasteiger partial charge in [0.25, 0.3) is 5.91 Å². The number of carbonyl (C=O) groups is 2. The van der Waals surface area contributed by atoms with E-state index in [4.69, 9.17) is 0 Å². The van der Waals surface area contributed by atoms with Gasteiger partial charge in [-0.15, -0.1) is 0 Å². The highest BCUT2D eigenvalue weighted by Gasteiger charge is 2.24. The Balaban J connectivity index is 1.63. The largest absolute Gasteiger partial charge is 0.372 e. The van der Waals surface area contributed by atoms with Crippen LogP contribution in [-0.4, -0.2) is 37.5 Å². The second-order valence-corrected chi connectivity index (χ2v) is 5.70. The normalized spacial score (nSPS) is 22.0. The molecule has 0 radical (unpaired) electrons. The minimum absolute atomic E-state index is 0.0803. The lowest BCUT2D eigenvalue weighted by Gasteiger charge is -2.23. The molecule has 3 rings (SSSR count). The van der Waals surface area contributed by atoms with E-state index in [0.717, 1.165) is 19.5 Å². The maximum Gasteiger partial charge on any atom is 0.251 e. The molecule has 5 heteroatoms. The molecule has 2 saturated heterocycles. The van der Waals surface area contributed by atoms with Gasteiger partial charge in [0.05, 0.1) is 0 Å². The summed E-state index contributed by atoms with van der Waals surface area (Å²) in [6.07, 6.45) is 4.09. The SMILES string of the molecule is O=C(N[C@@H]1CCCNC1=O)c1ccc(N2CCCC2)cc1. The maximum absolute atomic E-state index is 12.2. The molecule has 1 atom stereocenters. The molecular formula is C16H21N3O2. The van der Waals surface area contributed by atoms with Crippen molar-refractivity contribution in [2.75, 3.05) is 24.5 Å². The van der Waals surface area contributed by atoms with Crippen LogP contribution >= 0.6 is 0 Å². The molecule has 2 aliphatic heterocycles. The molecule has 0 aliphatic carbocycles. The molecule has 2 heterocycles. The van der Waals surface area contributed by atoms with E-state index in [-0.39, 0.29) is 11.8 Å². The molecule has 112 valence electrons. The van der Waals surface area contributed by atoms with E-state index in [2.05, 4.69) is 15.5 Å². The van der Waals surface area contributed by atoms with Gasteiger partial charge >= 0.3 is 0 Å². The Morgan fingerprint density at radius 2 is 1.86 bits per heavy atom. The van der Waals surface area contributed by atoms with Crippen LogP contribution in [0.3, 0.4) is 0 Å². The first kappa shape index (κ1) is 13.9. The number of hydrogen-bond donors (Lipinski definition) is 2. The van der Waals surface area contributed by atoms with E-state index in [9.17, 15) is 9.59 Å². The second-order valence-electron chi connectivity index (χ2n) is 5.70. The molecule has 0 saturated carbocycles. The van der Waals surface area contributed by atoms with Gasteiger partial charge in [0.2, 0.25) is 5.91 Å². The fourth-order valence-corrected chi connectivity index (χ4v) is 2.95. The van der Waals surface area contributed by atoms with Gasteiger partial charge in [-0.05, 0) is 49.9 Å². The Bertz CT molecular complexity index is 521. The average Bonchev–Trinajstić information content (AvgIpc) is 3.04. The third kappa shape index (κ3) is 3.17. The van der Waals surface area contributed by atoms with Crippen LogP contribution in [-0.2, 0) is 4.79 Å². The fraction of sp³-hybridized carbons (Fsp3) is 0.500. The van der Waals surface area contributed by atoms with Crippen molar-refractivity contribution in [1.82, 2.24) is 10.6 Å². The number of nitrogens with one attached hydrogen (secondary N) is 2. The van der Waals surface area contributed by atoms with Crippen molar-refractivity contribution in [3.63, 3.8) is 0 Å². The molecule has 2 aliphatic rings. The Morgan fingerprint density at radius 1 is 1.14 bits per heavy atom. The predicted octanol–water partition coefficient (Wildman–Crippen LogP) is 1.30. The van der Waals surface area contributed by atoms with Crippen LogP contribution in [0.1, 0.15) is 36.0 Å². The molecule has 1 aromatic rings. The van der Waals surface area contributed by atoms with Gasteiger partial charge in [-0.3, -0.25) is 9.59 Å². The number of benzene rings is 1. The smallest absolute Gasteiger partial charge is 0.251 e. The van der Waals surface area contributed by atoms with E-state index in [1.54, 1.807) is 0 Å². The molecule has 5 nitrogen and oxygen atoms in total. The number of piperidine rings is 1. The van der Waals surface area contributed by atoms with Crippen molar-refractivity contribution in [2.24, 2.45) is 0 Å². The molecule has 2 fully saturated rings. The number of amides is 2. The van der Waals surface area contributed by atoms with Crippen molar-refractivity contribution >= 4 is 17.5 Å². The molecule has 0 spiro atoms. The van der Waals surface area contributed by atoms with E-state index < -0.39 is 6.04 Å². The van der Waals surface area contributed by atoms with Crippen LogP contribution in [0, 0.1) is 0 Å². The first-order valence-corrected chi connectivity index (χ1v) is 7.67. The zero-order chi connectivity index (χ0) is 14.7. The summed E-state index contributed by atoms with van der Waals surface area (Å²) in [6.45, 7) is 2.89. The van der Waals surface area contributed by atoms with Gasteiger partial charge in [-0.25, -0.2) is 0 Å². The molecule has 0 aromatic heterocycles. The molecule has 2 N–H and O–H groups in total. The summed E-state index contributed by atoms with van der Waals surface area (Å²) < 4.78 is 0. The van der Waals surface area contributed by atoms with Gasteiger partial charge < -0.3 is 15.5 Å². The summed E-state index contributed by atoms with van der Waals surface area (Å²) in [5, 5.41) is 5.58. The van der Waals surface area contributed by atoms with Crippen molar-refractivity contribution in [3.05, 3.63) is 29.8 Å². The zero-order valence-corrected chi connectivity index (χ0v) is 12.1. The summed E-state index contributed by atoms with van der Waals surface area (Å²) >= 11 is 0. The molecule has 2 amide bonds. The summed E-state index contributed by atoms with van der Waals surface area (Å²) in [4.78, 5) is 26.2. The maximum atomic E-state index is 12.2. The third-order valence-corrected chi connectivity index (χ3v) is 4.19. The monoisotopic (exact) mass is 287 g/mol. The van der Waals surface area contributed by atoms with Gasteiger partial charge in [0.15, 0.2) is 0 Å². The number of carbonyl (C=O) groups excluding carboxylic acids is 2. The van der Waals surface area contributed by atoms with Crippen LogP contribution in [0.4, 0.5) is 5.69 Å². The van der Waals surface area contributed by atoms with Crippen molar-refractivity contribution in [2.45, 2.75) is 31.7 Å². The van der Waals surface area contributed by atoms with Crippen LogP contribution in [0.5, 0.6) is 0 Å². The van der Waals surface area contributed by atoms with Crippen molar-refractivity contribution < 1.29 is 9.59 Å². The lowest BCUT2D eigenvalue weighted by atomic mass is 10.1. The topological polar surface area (TPSA) is 61.4 Å². The van der Waals surface area contributed by atoms with Gasteiger partial charge in [0, 0.05) is 30.9 Å². The minimum atomic E-state index is -0.399. The highest BCUT2D eigenvalue weighted by Crippen LogP contribution is 2.20. The highest BCUT2D eigenvalue weighted by atomic mass is 16.2. The van der Waals surface area contributed by atoms with Crippen LogP contribution in [0.15, 0.2) is 24.3 Å². The molecular weight excluding hydrogens is 266 g/mol. The van der Waals surface area contributed by atoms with E-state index >= 15 is 0 Å². The molecule has 1 aromatic carbocycles. The predicted molar refractivity (Wildman–Crippen MR) is 81.4 cm³/mol. The Labute approximate surface area is 124 Å². The third-order valence-electron chi connectivity index (χ3n) is 4.19. The summed E-state index contributed by atoms with van der Waals surface area (Å²) in [7, 11) is 0.